The standard InChI is InChI=1S/C22H16ClN3O4S/c1-3-29-14-7-4-12(5-8-14)18-17-19(27)15-10-13(23)6-9-16(15)30-20(17)21(28)26(18)22-25-24-11(2)31-22/h4-10,18H,3H2,1-2H3/t18-/m0/s1. The van der Waals surface area contributed by atoms with E-state index in [0.29, 0.717) is 38.5 Å². The fourth-order valence-corrected chi connectivity index (χ4v) is 4.64. The van der Waals surface area contributed by atoms with Crippen molar-refractivity contribution in [1.82, 2.24) is 10.2 Å². The Hall–Kier alpha value is -3.23. The number of hydrogen-bond acceptors (Lipinski definition) is 7. The van der Waals surface area contributed by atoms with Gasteiger partial charge in [-0.2, -0.15) is 0 Å². The molecule has 2 aromatic heterocycles. The fraction of sp³-hybridized carbons (Fsp3) is 0.182. The summed E-state index contributed by atoms with van der Waals surface area (Å²) >= 11 is 7.38. The SMILES string of the molecule is CCOc1ccc([C@H]2c3c(oc4ccc(Cl)cc4c3=O)C(=O)N2c2nnc(C)s2)cc1. The second-order valence-electron chi connectivity index (χ2n) is 7.00. The molecule has 4 aromatic rings. The van der Waals surface area contributed by atoms with Crippen molar-refractivity contribution in [2.24, 2.45) is 0 Å². The van der Waals surface area contributed by atoms with Crippen LogP contribution in [0.25, 0.3) is 11.0 Å². The number of aromatic nitrogens is 2. The van der Waals surface area contributed by atoms with Crippen LogP contribution in [-0.4, -0.2) is 22.7 Å². The molecule has 0 unspecified atom stereocenters. The van der Waals surface area contributed by atoms with Gasteiger partial charge in [-0.25, -0.2) is 0 Å². The van der Waals surface area contributed by atoms with Crippen LogP contribution in [0, 0.1) is 6.92 Å². The van der Waals surface area contributed by atoms with Crippen molar-refractivity contribution in [2.45, 2.75) is 19.9 Å². The number of anilines is 1. The maximum Gasteiger partial charge on any atom is 0.297 e. The van der Waals surface area contributed by atoms with Crippen LogP contribution in [-0.2, 0) is 0 Å². The average Bonchev–Trinajstić information content (AvgIpc) is 3.31. The number of rotatable bonds is 4. The van der Waals surface area contributed by atoms with Crippen molar-refractivity contribution in [3.05, 3.63) is 79.6 Å². The summed E-state index contributed by atoms with van der Waals surface area (Å²) in [6.45, 7) is 4.25. The summed E-state index contributed by atoms with van der Waals surface area (Å²) in [5, 5.41) is 10.0. The second-order valence-corrected chi connectivity index (χ2v) is 8.59. The molecule has 0 bridgehead atoms. The third kappa shape index (κ3) is 3.19. The van der Waals surface area contributed by atoms with Gasteiger partial charge in [-0.15, -0.1) is 10.2 Å². The van der Waals surface area contributed by atoms with E-state index in [1.165, 1.54) is 16.2 Å². The number of amides is 1. The molecule has 3 heterocycles. The van der Waals surface area contributed by atoms with Crippen LogP contribution in [0.5, 0.6) is 5.75 Å². The van der Waals surface area contributed by atoms with E-state index in [1.807, 2.05) is 31.2 Å². The Morgan fingerprint density at radius 3 is 2.61 bits per heavy atom. The number of benzene rings is 2. The summed E-state index contributed by atoms with van der Waals surface area (Å²) in [7, 11) is 0. The lowest BCUT2D eigenvalue weighted by Crippen LogP contribution is -2.29. The highest BCUT2D eigenvalue weighted by Gasteiger charge is 2.45. The molecule has 0 N–H and O–H groups in total. The molecule has 2 aromatic carbocycles. The van der Waals surface area contributed by atoms with Crippen molar-refractivity contribution >= 4 is 44.9 Å². The van der Waals surface area contributed by atoms with E-state index in [4.69, 9.17) is 20.8 Å². The molecule has 9 heteroatoms. The van der Waals surface area contributed by atoms with E-state index in [2.05, 4.69) is 10.2 Å². The first kappa shape index (κ1) is 19.7. The maximum atomic E-state index is 13.5. The van der Waals surface area contributed by atoms with Crippen molar-refractivity contribution in [2.75, 3.05) is 11.5 Å². The molecular weight excluding hydrogens is 438 g/mol. The van der Waals surface area contributed by atoms with Crippen LogP contribution >= 0.6 is 22.9 Å². The van der Waals surface area contributed by atoms with Gasteiger partial charge in [0.05, 0.1) is 23.6 Å². The van der Waals surface area contributed by atoms with E-state index in [0.717, 1.165) is 5.56 Å². The van der Waals surface area contributed by atoms with Gasteiger partial charge in [0.25, 0.3) is 5.91 Å². The first-order valence-corrected chi connectivity index (χ1v) is 10.8. The van der Waals surface area contributed by atoms with Crippen LogP contribution in [0.15, 0.2) is 51.7 Å². The fourth-order valence-electron chi connectivity index (χ4n) is 3.75. The van der Waals surface area contributed by atoms with Crippen LogP contribution in [0.1, 0.15) is 39.7 Å². The van der Waals surface area contributed by atoms with Crippen molar-refractivity contribution in [3.63, 3.8) is 0 Å². The highest BCUT2D eigenvalue weighted by Crippen LogP contribution is 2.42. The lowest BCUT2D eigenvalue weighted by Gasteiger charge is -2.22. The third-order valence-corrected chi connectivity index (χ3v) is 6.13. The number of carbonyl (C=O) groups excluding carboxylic acids is 1. The van der Waals surface area contributed by atoms with Gasteiger partial charge in [-0.1, -0.05) is 35.1 Å². The van der Waals surface area contributed by atoms with E-state index < -0.39 is 11.9 Å². The molecule has 156 valence electrons. The first-order valence-electron chi connectivity index (χ1n) is 9.60. The van der Waals surface area contributed by atoms with Crippen LogP contribution in [0.4, 0.5) is 5.13 Å². The Morgan fingerprint density at radius 1 is 1.16 bits per heavy atom. The van der Waals surface area contributed by atoms with Crippen molar-refractivity contribution < 1.29 is 13.9 Å². The number of carbonyl (C=O) groups is 1. The average molecular weight is 454 g/mol. The number of ether oxygens (including phenoxy) is 1. The van der Waals surface area contributed by atoms with Crippen LogP contribution in [0.3, 0.4) is 0 Å². The Morgan fingerprint density at radius 2 is 1.94 bits per heavy atom. The van der Waals surface area contributed by atoms with Gasteiger partial charge in [-0.3, -0.25) is 14.5 Å². The highest BCUT2D eigenvalue weighted by atomic mass is 35.5. The van der Waals surface area contributed by atoms with E-state index >= 15 is 0 Å². The summed E-state index contributed by atoms with van der Waals surface area (Å²) in [5.74, 6) is 0.275. The minimum Gasteiger partial charge on any atom is -0.494 e. The van der Waals surface area contributed by atoms with Crippen LogP contribution < -0.4 is 15.1 Å². The summed E-state index contributed by atoms with van der Waals surface area (Å²) in [6, 6.07) is 11.4. The zero-order valence-electron chi connectivity index (χ0n) is 16.6. The molecule has 1 atom stereocenters. The van der Waals surface area contributed by atoms with Crippen molar-refractivity contribution in [3.8, 4) is 5.75 Å². The number of aryl methyl sites for hydroxylation is 1. The lowest BCUT2D eigenvalue weighted by molar-refractivity contribution is 0.0970. The molecule has 0 fully saturated rings. The topological polar surface area (TPSA) is 85.5 Å². The molecular formula is C22H16ClN3O4S. The zero-order chi connectivity index (χ0) is 21.7. The van der Waals surface area contributed by atoms with Crippen LogP contribution in [0.2, 0.25) is 5.02 Å². The van der Waals surface area contributed by atoms with Gasteiger partial charge >= 0.3 is 0 Å². The summed E-state index contributed by atoms with van der Waals surface area (Å²) < 4.78 is 11.4. The number of nitrogens with zero attached hydrogens (tertiary/aromatic N) is 3. The maximum absolute atomic E-state index is 13.5. The molecule has 0 saturated heterocycles. The molecule has 1 aliphatic rings. The summed E-state index contributed by atoms with van der Waals surface area (Å²) in [6.07, 6.45) is 0. The number of hydrogen-bond donors (Lipinski definition) is 0. The molecule has 0 aliphatic carbocycles. The minimum atomic E-state index is -0.704. The molecule has 5 rings (SSSR count). The molecule has 0 spiro atoms. The lowest BCUT2D eigenvalue weighted by atomic mass is 9.98. The minimum absolute atomic E-state index is 0.00607. The van der Waals surface area contributed by atoms with Gasteiger partial charge in [-0.05, 0) is 49.7 Å². The van der Waals surface area contributed by atoms with Crippen molar-refractivity contribution in [1.29, 1.82) is 0 Å². The van der Waals surface area contributed by atoms with Gasteiger partial charge in [0.15, 0.2) is 5.43 Å². The van der Waals surface area contributed by atoms with Gasteiger partial charge < -0.3 is 9.15 Å². The van der Waals surface area contributed by atoms with Gasteiger partial charge in [0.2, 0.25) is 10.9 Å². The predicted molar refractivity (Wildman–Crippen MR) is 118 cm³/mol. The first-order chi connectivity index (χ1) is 15.0. The third-order valence-electron chi connectivity index (χ3n) is 5.06. The second kappa shape index (κ2) is 7.47. The number of halogens is 1. The molecule has 0 saturated carbocycles. The summed E-state index contributed by atoms with van der Waals surface area (Å²) in [4.78, 5) is 28.4. The van der Waals surface area contributed by atoms with E-state index in [1.54, 1.807) is 25.1 Å². The van der Waals surface area contributed by atoms with Gasteiger partial charge in [0.1, 0.15) is 16.3 Å². The Kier molecular flexibility index (Phi) is 4.75. The molecule has 1 aliphatic heterocycles. The zero-order valence-corrected chi connectivity index (χ0v) is 18.2. The Labute approximate surface area is 185 Å². The highest BCUT2D eigenvalue weighted by molar-refractivity contribution is 7.15. The monoisotopic (exact) mass is 453 g/mol. The molecule has 0 radical (unpaired) electrons. The largest absolute Gasteiger partial charge is 0.494 e. The van der Waals surface area contributed by atoms with E-state index in [-0.39, 0.29) is 16.8 Å². The predicted octanol–water partition coefficient (Wildman–Crippen LogP) is 4.75. The van der Waals surface area contributed by atoms with Gasteiger partial charge in [0, 0.05) is 5.02 Å². The van der Waals surface area contributed by atoms with E-state index in [9.17, 15) is 9.59 Å². The smallest absolute Gasteiger partial charge is 0.297 e. The number of fused-ring (bicyclic) bond motifs is 2. The summed E-state index contributed by atoms with van der Waals surface area (Å²) in [5.41, 5.74) is 1.01. The normalized spacial score (nSPS) is 15.5. The Bertz CT molecular complexity index is 1380. The molecule has 7 nitrogen and oxygen atoms in total. The quantitative estimate of drug-likeness (QED) is 0.443. The molecule has 31 heavy (non-hydrogen) atoms. The molecule has 1 amide bonds. The Balaban J connectivity index is 1.76.